The second-order valence-electron chi connectivity index (χ2n) is 2.88. The van der Waals surface area contributed by atoms with Crippen molar-refractivity contribution in [2.24, 2.45) is 11.8 Å². The minimum Gasteiger partial charge on any atom is -0.481 e. The van der Waals surface area contributed by atoms with E-state index in [2.05, 4.69) is 5.32 Å². The molecule has 1 aliphatic rings. The highest BCUT2D eigenvalue weighted by atomic mass is 16.4. The van der Waals surface area contributed by atoms with Crippen molar-refractivity contribution in [2.75, 3.05) is 19.7 Å². The number of carboxylic acids is 1. The second-order valence-corrected chi connectivity index (χ2v) is 2.88. The average Bonchev–Trinajstić information content (AvgIpc) is 2.36. The molecular weight excluding hydrogens is 146 g/mol. The lowest BCUT2D eigenvalue weighted by molar-refractivity contribution is -0.142. The van der Waals surface area contributed by atoms with E-state index in [0.29, 0.717) is 13.0 Å². The van der Waals surface area contributed by atoms with Gasteiger partial charge in [-0.05, 0) is 18.9 Å². The van der Waals surface area contributed by atoms with Crippen LogP contribution in [0.5, 0.6) is 0 Å². The van der Waals surface area contributed by atoms with Crippen LogP contribution >= 0.6 is 0 Å². The van der Waals surface area contributed by atoms with Gasteiger partial charge in [-0.1, -0.05) is 0 Å². The van der Waals surface area contributed by atoms with E-state index in [9.17, 15) is 4.79 Å². The molecule has 1 aliphatic heterocycles. The van der Waals surface area contributed by atoms with Gasteiger partial charge in [-0.15, -0.1) is 0 Å². The third-order valence-electron chi connectivity index (χ3n) is 2.16. The Kier molecular flexibility index (Phi) is 2.84. The molecule has 0 saturated carbocycles. The quantitative estimate of drug-likeness (QED) is 0.508. The number of hydrogen-bond acceptors (Lipinski definition) is 3. The molecule has 0 aromatic heterocycles. The van der Waals surface area contributed by atoms with Crippen molar-refractivity contribution in [3.63, 3.8) is 0 Å². The lowest BCUT2D eigenvalue weighted by atomic mass is 9.93. The number of aliphatic carboxylic acids is 1. The zero-order valence-electron chi connectivity index (χ0n) is 6.29. The highest BCUT2D eigenvalue weighted by Crippen LogP contribution is 2.19. The molecule has 11 heavy (non-hydrogen) atoms. The van der Waals surface area contributed by atoms with Gasteiger partial charge < -0.3 is 15.5 Å². The van der Waals surface area contributed by atoms with Crippen LogP contribution < -0.4 is 5.32 Å². The lowest BCUT2D eigenvalue weighted by Gasteiger charge is -2.11. The van der Waals surface area contributed by atoms with Crippen LogP contribution in [0.2, 0.25) is 0 Å². The topological polar surface area (TPSA) is 69.6 Å². The predicted molar refractivity (Wildman–Crippen MR) is 39.2 cm³/mol. The molecular formula is C7H13NO3. The zero-order chi connectivity index (χ0) is 8.27. The third kappa shape index (κ3) is 1.91. The van der Waals surface area contributed by atoms with Gasteiger partial charge in [0.2, 0.25) is 0 Å². The molecule has 4 nitrogen and oxygen atoms in total. The largest absolute Gasteiger partial charge is 0.481 e. The van der Waals surface area contributed by atoms with Gasteiger partial charge in [-0.3, -0.25) is 4.79 Å². The number of carboxylic acid groups (broad SMARTS) is 1. The van der Waals surface area contributed by atoms with Crippen molar-refractivity contribution in [3.8, 4) is 0 Å². The monoisotopic (exact) mass is 159 g/mol. The molecule has 0 amide bonds. The van der Waals surface area contributed by atoms with Crippen molar-refractivity contribution in [2.45, 2.75) is 6.42 Å². The smallest absolute Gasteiger partial charge is 0.308 e. The van der Waals surface area contributed by atoms with E-state index in [1.54, 1.807) is 0 Å². The van der Waals surface area contributed by atoms with Gasteiger partial charge in [0.05, 0.1) is 5.92 Å². The van der Waals surface area contributed by atoms with Crippen LogP contribution in [0, 0.1) is 11.8 Å². The maximum atomic E-state index is 10.6. The molecule has 0 aliphatic carbocycles. The molecule has 0 radical (unpaired) electrons. The Morgan fingerprint density at radius 1 is 1.55 bits per heavy atom. The fourth-order valence-electron chi connectivity index (χ4n) is 1.49. The van der Waals surface area contributed by atoms with Crippen LogP contribution in [0.25, 0.3) is 0 Å². The SMILES string of the molecule is O=C(O)[C@H]1CNC[C@H]1CCO. The minimum atomic E-state index is -0.756. The molecule has 0 unspecified atom stereocenters. The summed E-state index contributed by atoms with van der Waals surface area (Å²) in [5.41, 5.74) is 0. The Morgan fingerprint density at radius 3 is 2.82 bits per heavy atom. The first-order valence-electron chi connectivity index (χ1n) is 3.80. The van der Waals surface area contributed by atoms with E-state index < -0.39 is 5.97 Å². The van der Waals surface area contributed by atoms with Gasteiger partial charge in [-0.2, -0.15) is 0 Å². The molecule has 0 bridgehead atoms. The third-order valence-corrected chi connectivity index (χ3v) is 2.16. The van der Waals surface area contributed by atoms with Crippen LogP contribution in [0.15, 0.2) is 0 Å². The number of rotatable bonds is 3. The van der Waals surface area contributed by atoms with Gasteiger partial charge in [0.1, 0.15) is 0 Å². The Morgan fingerprint density at radius 2 is 2.27 bits per heavy atom. The Hall–Kier alpha value is -0.610. The summed E-state index contributed by atoms with van der Waals surface area (Å²) in [6, 6.07) is 0. The summed E-state index contributed by atoms with van der Waals surface area (Å²) >= 11 is 0. The van der Waals surface area contributed by atoms with Gasteiger partial charge in [0.15, 0.2) is 0 Å². The molecule has 64 valence electrons. The lowest BCUT2D eigenvalue weighted by Crippen LogP contribution is -2.22. The highest BCUT2D eigenvalue weighted by molar-refractivity contribution is 5.71. The summed E-state index contributed by atoms with van der Waals surface area (Å²) in [6.45, 7) is 1.34. The molecule has 1 saturated heterocycles. The Bertz CT molecular complexity index is 149. The van der Waals surface area contributed by atoms with Crippen LogP contribution in [0.3, 0.4) is 0 Å². The number of hydrogen-bond donors (Lipinski definition) is 3. The van der Waals surface area contributed by atoms with E-state index in [4.69, 9.17) is 10.2 Å². The number of aliphatic hydroxyl groups excluding tert-OH is 1. The standard InChI is InChI=1S/C7H13NO3/c9-2-1-5-3-8-4-6(5)7(10)11/h5-6,8-9H,1-4H2,(H,10,11)/t5-,6+/m1/s1. The second kappa shape index (κ2) is 3.69. The summed E-state index contributed by atoms with van der Waals surface area (Å²) < 4.78 is 0. The molecule has 0 aromatic rings. The molecule has 1 heterocycles. The summed E-state index contributed by atoms with van der Waals surface area (Å²) in [5, 5.41) is 20.3. The van der Waals surface area contributed by atoms with Crippen molar-refractivity contribution in [1.82, 2.24) is 5.32 Å². The molecule has 4 heteroatoms. The molecule has 1 rings (SSSR count). The molecule has 0 spiro atoms. The van der Waals surface area contributed by atoms with E-state index in [-0.39, 0.29) is 18.4 Å². The van der Waals surface area contributed by atoms with Crippen molar-refractivity contribution < 1.29 is 15.0 Å². The molecule has 3 N–H and O–H groups in total. The first-order valence-corrected chi connectivity index (χ1v) is 3.80. The normalized spacial score (nSPS) is 30.6. The van der Waals surface area contributed by atoms with Crippen molar-refractivity contribution in [1.29, 1.82) is 0 Å². The number of nitrogens with one attached hydrogen (secondary N) is 1. The summed E-state index contributed by atoms with van der Waals surface area (Å²) in [6.07, 6.45) is 0.587. The molecule has 2 atom stereocenters. The maximum Gasteiger partial charge on any atom is 0.308 e. The van der Waals surface area contributed by atoms with Crippen molar-refractivity contribution in [3.05, 3.63) is 0 Å². The first kappa shape index (κ1) is 8.49. The average molecular weight is 159 g/mol. The number of aliphatic hydroxyl groups is 1. The minimum absolute atomic E-state index is 0.0795. The Balaban J connectivity index is 2.44. The zero-order valence-corrected chi connectivity index (χ0v) is 6.29. The van der Waals surface area contributed by atoms with E-state index in [1.807, 2.05) is 0 Å². The predicted octanol–water partition coefficient (Wildman–Crippen LogP) is -0.711. The fourth-order valence-corrected chi connectivity index (χ4v) is 1.49. The number of carbonyl (C=O) groups is 1. The van der Waals surface area contributed by atoms with Gasteiger partial charge in [0.25, 0.3) is 0 Å². The Labute approximate surface area is 65.2 Å². The highest BCUT2D eigenvalue weighted by Gasteiger charge is 2.31. The van der Waals surface area contributed by atoms with Crippen LogP contribution in [-0.4, -0.2) is 35.9 Å². The van der Waals surface area contributed by atoms with Gasteiger partial charge in [-0.25, -0.2) is 0 Å². The van der Waals surface area contributed by atoms with E-state index in [1.165, 1.54) is 0 Å². The summed E-state index contributed by atoms with van der Waals surface area (Å²) in [7, 11) is 0. The fraction of sp³-hybridized carbons (Fsp3) is 0.857. The van der Waals surface area contributed by atoms with Crippen LogP contribution in [-0.2, 0) is 4.79 Å². The van der Waals surface area contributed by atoms with Gasteiger partial charge in [0, 0.05) is 13.2 Å². The summed E-state index contributed by atoms with van der Waals surface area (Å²) in [5.74, 6) is -0.951. The van der Waals surface area contributed by atoms with E-state index in [0.717, 1.165) is 6.54 Å². The first-order chi connectivity index (χ1) is 5.25. The van der Waals surface area contributed by atoms with Gasteiger partial charge >= 0.3 is 5.97 Å². The van der Waals surface area contributed by atoms with E-state index >= 15 is 0 Å². The van der Waals surface area contributed by atoms with Crippen LogP contribution in [0.4, 0.5) is 0 Å². The van der Waals surface area contributed by atoms with Crippen LogP contribution in [0.1, 0.15) is 6.42 Å². The summed E-state index contributed by atoms with van der Waals surface area (Å²) in [4.78, 5) is 10.6. The molecule has 0 aromatic carbocycles. The van der Waals surface area contributed by atoms with Crippen molar-refractivity contribution >= 4 is 5.97 Å². The maximum absolute atomic E-state index is 10.6. The molecule has 1 fully saturated rings.